The van der Waals surface area contributed by atoms with Gasteiger partial charge in [0.1, 0.15) is 5.56 Å². The van der Waals surface area contributed by atoms with Crippen molar-refractivity contribution in [3.05, 3.63) is 64.1 Å². The molecule has 1 aromatic carbocycles. The Morgan fingerprint density at radius 2 is 2.00 bits per heavy atom. The Morgan fingerprint density at radius 1 is 1.21 bits per heavy atom. The van der Waals surface area contributed by atoms with Gasteiger partial charge < -0.3 is 5.32 Å². The van der Waals surface area contributed by atoms with Crippen molar-refractivity contribution in [3.8, 4) is 0 Å². The van der Waals surface area contributed by atoms with Crippen LogP contribution in [0.15, 0.2) is 42.7 Å². The Kier molecular flexibility index (Phi) is 3.80. The van der Waals surface area contributed by atoms with Crippen LogP contribution in [-0.4, -0.2) is 19.5 Å². The number of anilines is 1. The first-order chi connectivity index (χ1) is 11.4. The number of rotatable bonds is 4. The second-order valence-electron chi connectivity index (χ2n) is 4.88. The summed E-state index contributed by atoms with van der Waals surface area (Å²) in [6, 6.07) is 6.15. The number of nitrogens with zero attached hydrogens (tertiary/aromatic N) is 4. The highest BCUT2D eigenvalue weighted by Crippen LogP contribution is 2.37. The highest BCUT2D eigenvalue weighted by molar-refractivity contribution is 5.55. The summed E-state index contributed by atoms with van der Waals surface area (Å²) in [4.78, 5) is 13.8. The molecule has 0 saturated carbocycles. The second kappa shape index (κ2) is 5.80. The largest absolute Gasteiger partial charge is 0.423 e. The van der Waals surface area contributed by atoms with Gasteiger partial charge >= 0.3 is 6.18 Å². The number of benzene rings is 1. The zero-order valence-electron chi connectivity index (χ0n) is 12.0. The van der Waals surface area contributed by atoms with E-state index in [2.05, 4.69) is 15.4 Å². The summed E-state index contributed by atoms with van der Waals surface area (Å²) in [6.45, 7) is 0.176. The number of hydrogen-bond acceptors (Lipinski definition) is 5. The van der Waals surface area contributed by atoms with E-state index in [1.165, 1.54) is 6.07 Å². The number of fused-ring (bicyclic) bond motifs is 1. The maximum atomic E-state index is 13.0. The van der Waals surface area contributed by atoms with Crippen LogP contribution in [0.1, 0.15) is 11.3 Å². The molecule has 0 radical (unpaired) electrons. The number of alkyl halides is 3. The van der Waals surface area contributed by atoms with Crippen molar-refractivity contribution < 1.29 is 18.1 Å². The zero-order valence-corrected chi connectivity index (χ0v) is 12.0. The Morgan fingerprint density at radius 3 is 2.71 bits per heavy atom. The van der Waals surface area contributed by atoms with E-state index in [-0.39, 0.29) is 12.2 Å². The molecule has 7 nitrogen and oxygen atoms in total. The number of nitrogens with one attached hydrogen (secondary N) is 1. The van der Waals surface area contributed by atoms with Crippen molar-refractivity contribution in [1.82, 2.24) is 14.6 Å². The smallest absolute Gasteiger partial charge is 0.379 e. The lowest BCUT2D eigenvalue weighted by Gasteiger charge is -2.11. The second-order valence-corrected chi connectivity index (χ2v) is 4.88. The van der Waals surface area contributed by atoms with Crippen LogP contribution in [0.5, 0.6) is 0 Å². The van der Waals surface area contributed by atoms with Crippen LogP contribution < -0.4 is 5.32 Å². The summed E-state index contributed by atoms with van der Waals surface area (Å²) in [5, 5.41) is 17.6. The van der Waals surface area contributed by atoms with Gasteiger partial charge in [-0.05, 0) is 18.2 Å². The molecule has 10 heteroatoms. The molecular weight excluding hydrogens is 327 g/mol. The fourth-order valence-corrected chi connectivity index (χ4v) is 2.24. The lowest BCUT2D eigenvalue weighted by molar-refractivity contribution is -0.388. The summed E-state index contributed by atoms with van der Waals surface area (Å²) < 4.78 is 40.4. The third-order valence-electron chi connectivity index (χ3n) is 3.34. The third-order valence-corrected chi connectivity index (χ3v) is 3.34. The molecule has 0 unspecified atom stereocenters. The Balaban J connectivity index is 1.88. The minimum Gasteiger partial charge on any atom is -0.379 e. The molecule has 3 aromatic rings. The Labute approximate surface area is 132 Å². The molecule has 1 N–H and O–H groups in total. The number of aromatic nitrogens is 3. The third kappa shape index (κ3) is 2.98. The highest BCUT2D eigenvalue weighted by atomic mass is 19.4. The average Bonchev–Trinajstić information content (AvgIpc) is 3.00. The lowest BCUT2D eigenvalue weighted by atomic mass is 10.1. The van der Waals surface area contributed by atoms with Gasteiger partial charge in [0.15, 0.2) is 5.65 Å². The van der Waals surface area contributed by atoms with Gasteiger partial charge in [-0.2, -0.15) is 18.3 Å². The van der Waals surface area contributed by atoms with E-state index >= 15 is 0 Å². The van der Waals surface area contributed by atoms with Gasteiger partial charge in [-0.3, -0.25) is 10.1 Å². The van der Waals surface area contributed by atoms with Crippen LogP contribution in [0.2, 0.25) is 0 Å². The van der Waals surface area contributed by atoms with Crippen LogP contribution in [0.4, 0.5) is 24.5 Å². The fraction of sp³-hybridized carbons (Fsp3) is 0.143. The quantitative estimate of drug-likeness (QED) is 0.583. The first-order valence-electron chi connectivity index (χ1n) is 6.73. The maximum absolute atomic E-state index is 13.0. The van der Waals surface area contributed by atoms with Gasteiger partial charge in [-0.25, -0.2) is 9.50 Å². The summed E-state index contributed by atoms with van der Waals surface area (Å²) in [7, 11) is 0. The number of halogens is 3. The minimum absolute atomic E-state index is 0.116. The van der Waals surface area contributed by atoms with Gasteiger partial charge in [-0.15, -0.1) is 0 Å². The topological polar surface area (TPSA) is 85.4 Å². The molecule has 0 amide bonds. The van der Waals surface area contributed by atoms with Gasteiger partial charge in [-0.1, -0.05) is 0 Å². The molecule has 0 atom stereocenters. The standard InChI is InChI=1S/C14H10F3N5O2/c15-14(16,17)11-7-9(1-2-12(11)22(23)24)19-8-10-3-5-18-13-4-6-20-21(10)13/h1-7,19H,8H2. The monoisotopic (exact) mass is 337 g/mol. The van der Waals surface area contributed by atoms with Crippen molar-refractivity contribution >= 4 is 17.0 Å². The lowest BCUT2D eigenvalue weighted by Crippen LogP contribution is -2.11. The highest BCUT2D eigenvalue weighted by Gasteiger charge is 2.38. The maximum Gasteiger partial charge on any atom is 0.423 e. The fourth-order valence-electron chi connectivity index (χ4n) is 2.24. The van der Waals surface area contributed by atoms with Crippen LogP contribution in [0, 0.1) is 10.1 Å². The van der Waals surface area contributed by atoms with E-state index in [9.17, 15) is 23.3 Å². The predicted octanol–water partition coefficient (Wildman–Crippen LogP) is 3.27. The van der Waals surface area contributed by atoms with E-state index < -0.39 is 22.4 Å². The van der Waals surface area contributed by atoms with Gasteiger partial charge in [0.25, 0.3) is 5.69 Å². The van der Waals surface area contributed by atoms with Crippen molar-refractivity contribution in [3.63, 3.8) is 0 Å². The molecule has 3 rings (SSSR count). The molecule has 124 valence electrons. The molecule has 0 aliphatic heterocycles. The first-order valence-corrected chi connectivity index (χ1v) is 6.73. The van der Waals surface area contributed by atoms with Crippen molar-refractivity contribution in [2.75, 3.05) is 5.32 Å². The first kappa shape index (κ1) is 15.7. The molecular formula is C14H10F3N5O2. The summed E-state index contributed by atoms with van der Waals surface area (Å²) >= 11 is 0. The van der Waals surface area contributed by atoms with Gasteiger partial charge in [0.2, 0.25) is 0 Å². The van der Waals surface area contributed by atoms with Crippen LogP contribution in [-0.2, 0) is 12.7 Å². The van der Waals surface area contributed by atoms with E-state index in [1.54, 1.807) is 29.0 Å². The summed E-state index contributed by atoms with van der Waals surface area (Å²) in [5.74, 6) is 0. The van der Waals surface area contributed by atoms with Crippen LogP contribution >= 0.6 is 0 Å². The molecule has 2 heterocycles. The SMILES string of the molecule is O=[N+]([O-])c1ccc(NCc2ccnc3ccnn23)cc1C(F)(F)F. The number of hydrogen-bond donors (Lipinski definition) is 1. The Hall–Kier alpha value is -3.17. The average molecular weight is 337 g/mol. The zero-order chi connectivity index (χ0) is 17.3. The van der Waals surface area contributed by atoms with E-state index in [1.807, 2.05) is 0 Å². The van der Waals surface area contributed by atoms with E-state index in [4.69, 9.17) is 0 Å². The van der Waals surface area contributed by atoms with Crippen LogP contribution in [0.3, 0.4) is 0 Å². The van der Waals surface area contributed by atoms with Crippen molar-refractivity contribution in [2.45, 2.75) is 12.7 Å². The molecule has 24 heavy (non-hydrogen) atoms. The van der Waals surface area contributed by atoms with Gasteiger partial charge in [0.05, 0.1) is 23.4 Å². The van der Waals surface area contributed by atoms with Crippen molar-refractivity contribution in [2.24, 2.45) is 0 Å². The molecule has 0 fully saturated rings. The van der Waals surface area contributed by atoms with Crippen LogP contribution in [0.25, 0.3) is 5.65 Å². The van der Waals surface area contributed by atoms with Crippen molar-refractivity contribution in [1.29, 1.82) is 0 Å². The molecule has 0 spiro atoms. The molecule has 2 aromatic heterocycles. The van der Waals surface area contributed by atoms with Gasteiger partial charge in [0, 0.05) is 24.0 Å². The normalized spacial score (nSPS) is 11.6. The summed E-state index contributed by atoms with van der Waals surface area (Å²) in [6.07, 6.45) is -1.70. The molecule has 0 aliphatic carbocycles. The summed E-state index contributed by atoms with van der Waals surface area (Å²) in [5.41, 5.74) is -0.876. The molecule has 0 bridgehead atoms. The number of nitro benzene ring substituents is 1. The predicted molar refractivity (Wildman–Crippen MR) is 78.4 cm³/mol. The number of nitro groups is 1. The molecule has 0 saturated heterocycles. The Bertz CT molecular complexity index is 907. The van der Waals surface area contributed by atoms with E-state index in [0.717, 1.165) is 12.1 Å². The van der Waals surface area contributed by atoms with E-state index in [0.29, 0.717) is 11.3 Å². The minimum atomic E-state index is -4.81. The molecule has 0 aliphatic rings.